The Kier molecular flexibility index (Phi) is 5.59. The van der Waals surface area contributed by atoms with Crippen molar-refractivity contribution in [3.8, 4) is 0 Å². The predicted molar refractivity (Wildman–Crippen MR) is 79.7 cm³/mol. The molecular formula is C16H23NO3. The van der Waals surface area contributed by atoms with Crippen LogP contribution in [0.1, 0.15) is 25.2 Å². The summed E-state index contributed by atoms with van der Waals surface area (Å²) >= 11 is 0. The number of ether oxygens (including phenoxy) is 2. The number of furan rings is 1. The van der Waals surface area contributed by atoms with Gasteiger partial charge in [-0.1, -0.05) is 18.2 Å². The number of nitrogens with one attached hydrogen (secondary N) is 1. The molecule has 4 nitrogen and oxygen atoms in total. The molecule has 20 heavy (non-hydrogen) atoms. The molecule has 0 fully saturated rings. The number of fused-ring (bicyclic) bond motifs is 1. The number of rotatable bonds is 8. The second-order valence-corrected chi connectivity index (χ2v) is 4.81. The molecule has 1 atom stereocenters. The Hall–Kier alpha value is -1.36. The lowest BCUT2D eigenvalue weighted by Crippen LogP contribution is -2.16. The number of benzene rings is 1. The lowest BCUT2D eigenvalue weighted by atomic mass is 10.1. The first-order valence-corrected chi connectivity index (χ1v) is 7.09. The molecule has 0 amide bonds. The molecule has 2 rings (SSSR count). The fraction of sp³-hybridized carbons (Fsp3) is 0.500. The van der Waals surface area contributed by atoms with Crippen molar-refractivity contribution >= 4 is 11.0 Å². The van der Waals surface area contributed by atoms with Crippen molar-refractivity contribution in [2.75, 3.05) is 20.3 Å². The smallest absolute Gasteiger partial charge is 0.135 e. The quantitative estimate of drug-likeness (QED) is 0.805. The maximum absolute atomic E-state index is 5.90. The van der Waals surface area contributed by atoms with Crippen LogP contribution in [0.15, 0.2) is 28.7 Å². The first-order chi connectivity index (χ1) is 9.76. The van der Waals surface area contributed by atoms with Crippen LogP contribution >= 0.6 is 0 Å². The van der Waals surface area contributed by atoms with Crippen molar-refractivity contribution in [2.45, 2.75) is 33.1 Å². The van der Waals surface area contributed by atoms with Crippen molar-refractivity contribution in [3.63, 3.8) is 0 Å². The van der Waals surface area contributed by atoms with E-state index in [4.69, 9.17) is 13.9 Å². The van der Waals surface area contributed by atoms with Gasteiger partial charge in [-0.15, -0.1) is 0 Å². The minimum atomic E-state index is 0.0607. The molecule has 0 saturated heterocycles. The van der Waals surface area contributed by atoms with Gasteiger partial charge in [0.05, 0.1) is 12.7 Å². The van der Waals surface area contributed by atoms with Gasteiger partial charge in [-0.3, -0.25) is 0 Å². The van der Waals surface area contributed by atoms with Gasteiger partial charge in [0.1, 0.15) is 18.0 Å². The summed E-state index contributed by atoms with van der Waals surface area (Å²) in [7, 11) is 1.93. The van der Waals surface area contributed by atoms with Gasteiger partial charge in [0, 0.05) is 24.1 Å². The van der Waals surface area contributed by atoms with E-state index in [-0.39, 0.29) is 6.10 Å². The summed E-state index contributed by atoms with van der Waals surface area (Å²) in [5.74, 6) is 0.892. The zero-order valence-electron chi connectivity index (χ0n) is 12.4. The molecule has 1 aromatic heterocycles. The SMILES string of the molecule is CCOCC(C)OCc1oc2ccccc2c1CNC. The molecule has 0 spiro atoms. The first-order valence-electron chi connectivity index (χ1n) is 7.09. The molecule has 0 aliphatic rings. The summed E-state index contributed by atoms with van der Waals surface area (Å²) in [4.78, 5) is 0. The van der Waals surface area contributed by atoms with Gasteiger partial charge in [-0.05, 0) is 27.0 Å². The van der Waals surface area contributed by atoms with Crippen LogP contribution in [-0.4, -0.2) is 26.4 Å². The van der Waals surface area contributed by atoms with Gasteiger partial charge in [0.2, 0.25) is 0 Å². The van der Waals surface area contributed by atoms with Gasteiger partial charge in [-0.2, -0.15) is 0 Å². The van der Waals surface area contributed by atoms with E-state index in [1.165, 1.54) is 5.56 Å². The molecule has 2 aromatic rings. The van der Waals surface area contributed by atoms with Crippen molar-refractivity contribution in [1.82, 2.24) is 5.32 Å². The maximum atomic E-state index is 5.90. The molecule has 1 heterocycles. The highest BCUT2D eigenvalue weighted by atomic mass is 16.5. The minimum Gasteiger partial charge on any atom is -0.458 e. The Bertz CT molecular complexity index is 536. The Labute approximate surface area is 120 Å². The fourth-order valence-corrected chi connectivity index (χ4v) is 2.19. The van der Waals surface area contributed by atoms with Crippen molar-refractivity contribution in [2.24, 2.45) is 0 Å². The Morgan fingerprint density at radius 2 is 2.10 bits per heavy atom. The molecule has 4 heteroatoms. The van der Waals surface area contributed by atoms with Gasteiger partial charge in [0.15, 0.2) is 0 Å². The number of para-hydroxylation sites is 1. The summed E-state index contributed by atoms with van der Waals surface area (Å²) in [5.41, 5.74) is 2.08. The van der Waals surface area contributed by atoms with Gasteiger partial charge in [0.25, 0.3) is 0 Å². The van der Waals surface area contributed by atoms with Crippen molar-refractivity contribution in [3.05, 3.63) is 35.6 Å². The van der Waals surface area contributed by atoms with Crippen molar-refractivity contribution < 1.29 is 13.9 Å². The first kappa shape index (κ1) is 15.0. The summed E-state index contributed by atoms with van der Waals surface area (Å²) in [6.07, 6.45) is 0.0607. The molecule has 0 aliphatic heterocycles. The predicted octanol–water partition coefficient (Wildman–Crippen LogP) is 3.09. The summed E-state index contributed by atoms with van der Waals surface area (Å²) in [6, 6.07) is 8.08. The third-order valence-corrected chi connectivity index (χ3v) is 3.19. The van der Waals surface area contributed by atoms with Crippen LogP contribution in [0.4, 0.5) is 0 Å². The monoisotopic (exact) mass is 277 g/mol. The molecule has 110 valence electrons. The number of hydrogen-bond donors (Lipinski definition) is 1. The topological polar surface area (TPSA) is 43.6 Å². The molecule has 1 N–H and O–H groups in total. The van der Waals surface area contributed by atoms with E-state index in [1.54, 1.807) is 0 Å². The van der Waals surface area contributed by atoms with E-state index in [0.29, 0.717) is 19.8 Å². The second-order valence-electron chi connectivity index (χ2n) is 4.81. The largest absolute Gasteiger partial charge is 0.458 e. The molecular weight excluding hydrogens is 254 g/mol. The van der Waals surface area contributed by atoms with Crippen LogP contribution in [0.5, 0.6) is 0 Å². The van der Waals surface area contributed by atoms with Crippen LogP contribution in [0.3, 0.4) is 0 Å². The second kappa shape index (κ2) is 7.43. The summed E-state index contributed by atoms with van der Waals surface area (Å²) in [6.45, 7) is 6.56. The third kappa shape index (κ3) is 3.60. The van der Waals surface area contributed by atoms with Crippen LogP contribution in [0.2, 0.25) is 0 Å². The zero-order chi connectivity index (χ0) is 14.4. The average molecular weight is 277 g/mol. The molecule has 0 bridgehead atoms. The van der Waals surface area contributed by atoms with E-state index in [0.717, 1.165) is 23.3 Å². The van der Waals surface area contributed by atoms with Gasteiger partial charge < -0.3 is 19.2 Å². The normalized spacial score (nSPS) is 12.9. The standard InChI is InChI=1S/C16H23NO3/c1-4-18-10-12(2)19-11-16-14(9-17-3)13-7-5-6-8-15(13)20-16/h5-8,12,17H,4,9-11H2,1-3H3. The Balaban J connectivity index is 2.10. The molecule has 0 radical (unpaired) electrons. The van der Waals surface area contributed by atoms with E-state index >= 15 is 0 Å². The lowest BCUT2D eigenvalue weighted by Gasteiger charge is -2.12. The highest BCUT2D eigenvalue weighted by molar-refractivity contribution is 5.82. The Morgan fingerprint density at radius 1 is 1.30 bits per heavy atom. The van der Waals surface area contributed by atoms with Crippen LogP contribution < -0.4 is 5.32 Å². The van der Waals surface area contributed by atoms with Crippen LogP contribution in [0.25, 0.3) is 11.0 Å². The molecule has 0 saturated carbocycles. The van der Waals surface area contributed by atoms with Crippen molar-refractivity contribution in [1.29, 1.82) is 0 Å². The fourth-order valence-electron chi connectivity index (χ4n) is 2.19. The maximum Gasteiger partial charge on any atom is 0.135 e. The van der Waals surface area contributed by atoms with Gasteiger partial charge in [-0.25, -0.2) is 0 Å². The average Bonchev–Trinajstić information content (AvgIpc) is 2.81. The molecule has 0 aliphatic carbocycles. The summed E-state index contributed by atoms with van der Waals surface area (Å²) in [5, 5.41) is 4.34. The van der Waals surface area contributed by atoms with E-state index < -0.39 is 0 Å². The van der Waals surface area contributed by atoms with E-state index in [9.17, 15) is 0 Å². The Morgan fingerprint density at radius 3 is 2.85 bits per heavy atom. The van der Waals surface area contributed by atoms with Gasteiger partial charge >= 0.3 is 0 Å². The number of hydrogen-bond acceptors (Lipinski definition) is 4. The zero-order valence-corrected chi connectivity index (χ0v) is 12.4. The van der Waals surface area contributed by atoms with Crippen LogP contribution in [0, 0.1) is 0 Å². The highest BCUT2D eigenvalue weighted by Crippen LogP contribution is 2.26. The lowest BCUT2D eigenvalue weighted by molar-refractivity contribution is -0.0169. The van der Waals surface area contributed by atoms with E-state index in [2.05, 4.69) is 11.4 Å². The molecule has 1 unspecified atom stereocenters. The van der Waals surface area contributed by atoms with E-state index in [1.807, 2.05) is 39.1 Å². The van der Waals surface area contributed by atoms with Crippen LogP contribution in [-0.2, 0) is 22.6 Å². The molecule has 1 aromatic carbocycles. The highest BCUT2D eigenvalue weighted by Gasteiger charge is 2.14. The summed E-state index contributed by atoms with van der Waals surface area (Å²) < 4.78 is 17.1. The third-order valence-electron chi connectivity index (χ3n) is 3.19. The minimum absolute atomic E-state index is 0.0607.